The molecule has 162 valence electrons. The van der Waals surface area contributed by atoms with E-state index in [1.54, 1.807) is 19.1 Å². The number of benzene rings is 1. The van der Waals surface area contributed by atoms with E-state index in [4.69, 9.17) is 0 Å². The first-order valence-electron chi connectivity index (χ1n) is 8.74. The Hall–Kier alpha value is -3.89. The molecule has 0 spiro atoms. The van der Waals surface area contributed by atoms with Crippen LogP contribution in [-0.4, -0.2) is 27.2 Å². The predicted molar refractivity (Wildman–Crippen MR) is 99.3 cm³/mol. The number of amides is 1. The Labute approximate surface area is 172 Å². The van der Waals surface area contributed by atoms with Crippen LogP contribution in [-0.2, 0) is 0 Å². The molecular formula is C20H15F4N3O4. The maximum absolute atomic E-state index is 14.3. The maximum Gasteiger partial charge on any atom is 0.573 e. The molecule has 31 heavy (non-hydrogen) atoms. The number of aromatic nitrogens is 2. The Kier molecular flexibility index (Phi) is 5.95. The van der Waals surface area contributed by atoms with Gasteiger partial charge in [0.2, 0.25) is 0 Å². The SMILES string of the molecule is Cc1cccnc1[C@@H](NC(=O)c1ccc(=O)n(O)c1)c1ccc(OC(F)(F)F)c(F)c1. The molecule has 0 aliphatic carbocycles. The largest absolute Gasteiger partial charge is 0.573 e. The van der Waals surface area contributed by atoms with Gasteiger partial charge in [-0.05, 0) is 42.3 Å². The first kappa shape index (κ1) is 21.8. The molecule has 2 aromatic heterocycles. The molecule has 1 atom stereocenters. The third-order valence-electron chi connectivity index (χ3n) is 4.27. The van der Waals surface area contributed by atoms with Crippen molar-refractivity contribution in [3.05, 3.63) is 93.4 Å². The smallest absolute Gasteiger partial charge is 0.425 e. The van der Waals surface area contributed by atoms with Gasteiger partial charge < -0.3 is 15.3 Å². The summed E-state index contributed by atoms with van der Waals surface area (Å²) in [7, 11) is 0. The number of alkyl halides is 3. The number of carbonyl (C=O) groups is 1. The summed E-state index contributed by atoms with van der Waals surface area (Å²) in [5.74, 6) is -3.05. The average Bonchev–Trinajstić information content (AvgIpc) is 2.69. The summed E-state index contributed by atoms with van der Waals surface area (Å²) in [6.07, 6.45) is -2.74. The molecule has 0 aliphatic rings. The number of ether oxygens (including phenoxy) is 1. The van der Waals surface area contributed by atoms with Gasteiger partial charge in [-0.15, -0.1) is 13.2 Å². The van der Waals surface area contributed by atoms with Gasteiger partial charge in [0.15, 0.2) is 11.6 Å². The van der Waals surface area contributed by atoms with Gasteiger partial charge in [-0.25, -0.2) is 4.39 Å². The van der Waals surface area contributed by atoms with Crippen molar-refractivity contribution in [2.45, 2.75) is 19.3 Å². The van der Waals surface area contributed by atoms with Crippen molar-refractivity contribution < 1.29 is 32.3 Å². The second-order valence-corrected chi connectivity index (χ2v) is 6.45. The zero-order chi connectivity index (χ0) is 22.8. The summed E-state index contributed by atoms with van der Waals surface area (Å²) in [6, 6.07) is 7.17. The molecule has 2 N–H and O–H groups in total. The van der Waals surface area contributed by atoms with Crippen molar-refractivity contribution in [3.63, 3.8) is 0 Å². The first-order chi connectivity index (χ1) is 14.5. The summed E-state index contributed by atoms with van der Waals surface area (Å²) in [6.45, 7) is 1.69. The summed E-state index contributed by atoms with van der Waals surface area (Å²) in [5.41, 5.74) is 0.196. The molecule has 0 saturated carbocycles. The molecule has 3 rings (SSSR count). The number of nitrogens with one attached hydrogen (secondary N) is 1. The molecule has 2 heterocycles. The van der Waals surface area contributed by atoms with Crippen LogP contribution in [0.25, 0.3) is 0 Å². The van der Waals surface area contributed by atoms with Gasteiger partial charge in [-0.3, -0.25) is 14.6 Å². The van der Waals surface area contributed by atoms with Crippen molar-refractivity contribution in [1.29, 1.82) is 0 Å². The van der Waals surface area contributed by atoms with Crippen molar-refractivity contribution >= 4 is 5.91 Å². The van der Waals surface area contributed by atoms with Gasteiger partial charge in [-0.1, -0.05) is 12.1 Å². The molecule has 0 saturated heterocycles. The quantitative estimate of drug-likeness (QED) is 0.472. The topological polar surface area (TPSA) is 93.5 Å². The number of rotatable bonds is 5. The minimum Gasteiger partial charge on any atom is -0.425 e. The Balaban J connectivity index is 2.00. The van der Waals surface area contributed by atoms with E-state index in [-0.39, 0.29) is 15.9 Å². The molecule has 3 aromatic rings. The van der Waals surface area contributed by atoms with Gasteiger partial charge in [0.05, 0.1) is 23.5 Å². The van der Waals surface area contributed by atoms with Crippen LogP contribution in [0.4, 0.5) is 17.6 Å². The number of pyridine rings is 2. The molecule has 0 radical (unpaired) electrons. The van der Waals surface area contributed by atoms with Crippen LogP contribution >= 0.6 is 0 Å². The Morgan fingerprint density at radius 1 is 1.23 bits per heavy atom. The fraction of sp³-hybridized carbons (Fsp3) is 0.150. The number of nitrogens with zero attached hydrogens (tertiary/aromatic N) is 2. The zero-order valence-corrected chi connectivity index (χ0v) is 15.9. The second kappa shape index (κ2) is 8.46. The van der Waals surface area contributed by atoms with Gasteiger partial charge in [0.25, 0.3) is 11.5 Å². The third-order valence-corrected chi connectivity index (χ3v) is 4.27. The zero-order valence-electron chi connectivity index (χ0n) is 15.9. The summed E-state index contributed by atoms with van der Waals surface area (Å²) in [5, 5.41) is 12.1. The van der Waals surface area contributed by atoms with Crippen molar-refractivity contribution in [2.75, 3.05) is 0 Å². The first-order valence-corrected chi connectivity index (χ1v) is 8.74. The third kappa shape index (κ3) is 5.18. The number of carbonyl (C=O) groups excluding carboxylic acids is 1. The van der Waals surface area contributed by atoms with Crippen LogP contribution in [0, 0.1) is 12.7 Å². The van der Waals surface area contributed by atoms with Crippen molar-refractivity contribution in [2.24, 2.45) is 0 Å². The molecular weight excluding hydrogens is 422 g/mol. The predicted octanol–water partition coefficient (Wildman–Crippen LogP) is 3.35. The van der Waals surface area contributed by atoms with Crippen LogP contribution in [0.5, 0.6) is 5.75 Å². The normalized spacial score (nSPS) is 12.3. The second-order valence-electron chi connectivity index (χ2n) is 6.45. The van der Waals surface area contributed by atoms with Gasteiger partial charge >= 0.3 is 6.36 Å². The van der Waals surface area contributed by atoms with Gasteiger partial charge in [0, 0.05) is 12.3 Å². The highest BCUT2D eigenvalue weighted by Crippen LogP contribution is 2.30. The van der Waals surface area contributed by atoms with Crippen molar-refractivity contribution in [3.8, 4) is 5.75 Å². The van der Waals surface area contributed by atoms with Crippen LogP contribution < -0.4 is 15.6 Å². The molecule has 0 bridgehead atoms. The molecule has 1 amide bonds. The fourth-order valence-electron chi connectivity index (χ4n) is 2.84. The van der Waals surface area contributed by atoms with Gasteiger partial charge in [-0.2, -0.15) is 4.73 Å². The molecule has 0 aliphatic heterocycles. The van der Waals surface area contributed by atoms with E-state index < -0.39 is 35.4 Å². The molecule has 11 heteroatoms. The lowest BCUT2D eigenvalue weighted by atomic mass is 9.99. The van der Waals surface area contributed by atoms with Crippen LogP contribution in [0.2, 0.25) is 0 Å². The monoisotopic (exact) mass is 437 g/mol. The van der Waals surface area contributed by atoms with Crippen LogP contribution in [0.1, 0.15) is 33.2 Å². The minimum atomic E-state index is -5.07. The van der Waals surface area contributed by atoms with Crippen molar-refractivity contribution in [1.82, 2.24) is 15.0 Å². The highest BCUT2D eigenvalue weighted by atomic mass is 19.4. The lowest BCUT2D eigenvalue weighted by Crippen LogP contribution is -2.31. The number of hydrogen-bond acceptors (Lipinski definition) is 5. The maximum atomic E-state index is 14.3. The molecule has 1 aromatic carbocycles. The van der Waals surface area contributed by atoms with E-state index in [0.29, 0.717) is 11.3 Å². The summed E-state index contributed by atoms with van der Waals surface area (Å²) < 4.78 is 55.4. The molecule has 0 fully saturated rings. The Bertz CT molecular complexity index is 1180. The molecule has 0 unspecified atom stereocenters. The number of halogens is 4. The van der Waals surface area contributed by atoms with E-state index in [1.165, 1.54) is 12.3 Å². The van der Waals surface area contributed by atoms with E-state index in [1.807, 2.05) is 0 Å². The molecule has 7 nitrogen and oxygen atoms in total. The average molecular weight is 437 g/mol. The fourth-order valence-corrected chi connectivity index (χ4v) is 2.84. The summed E-state index contributed by atoms with van der Waals surface area (Å²) in [4.78, 5) is 28.2. The summed E-state index contributed by atoms with van der Waals surface area (Å²) >= 11 is 0. The number of hydrogen-bond donors (Lipinski definition) is 2. The van der Waals surface area contributed by atoms with Crippen LogP contribution in [0.3, 0.4) is 0 Å². The van der Waals surface area contributed by atoms with E-state index in [0.717, 1.165) is 30.5 Å². The van der Waals surface area contributed by atoms with E-state index >= 15 is 0 Å². The van der Waals surface area contributed by atoms with E-state index in [9.17, 15) is 32.4 Å². The Morgan fingerprint density at radius 3 is 2.58 bits per heavy atom. The standard InChI is InChI=1S/C20H15F4N3O4/c1-11-3-2-8-25-17(11)18(26-19(29)13-5-7-16(28)27(30)10-13)12-4-6-15(14(21)9-12)31-20(22,23)24/h2-10,18,30H,1H3,(H,26,29)/t18-/m0/s1. The lowest BCUT2D eigenvalue weighted by molar-refractivity contribution is -0.275. The highest BCUT2D eigenvalue weighted by Gasteiger charge is 2.33. The highest BCUT2D eigenvalue weighted by molar-refractivity contribution is 5.94. The minimum absolute atomic E-state index is 0.0850. The van der Waals surface area contributed by atoms with Gasteiger partial charge in [0.1, 0.15) is 0 Å². The number of aryl methyl sites for hydroxylation is 1. The van der Waals surface area contributed by atoms with E-state index in [2.05, 4.69) is 15.0 Å². The lowest BCUT2D eigenvalue weighted by Gasteiger charge is -2.21. The Morgan fingerprint density at radius 2 is 1.97 bits per heavy atom. The van der Waals surface area contributed by atoms with Crippen LogP contribution in [0.15, 0.2) is 59.7 Å².